The summed E-state index contributed by atoms with van der Waals surface area (Å²) in [5.41, 5.74) is 6.98. The summed E-state index contributed by atoms with van der Waals surface area (Å²) in [5.74, 6) is -0.0975. The van der Waals surface area contributed by atoms with Crippen LogP contribution in [0.2, 0.25) is 0 Å². The SMILES string of the molecule is CC1(C)CCC(NC(=O)c2ccc(N)cn2)CC1. The van der Waals surface area contributed by atoms with Gasteiger partial charge in [0, 0.05) is 6.04 Å². The molecule has 1 saturated carbocycles. The maximum atomic E-state index is 12.0. The average Bonchev–Trinajstić information content (AvgIpc) is 2.33. The van der Waals surface area contributed by atoms with Gasteiger partial charge in [-0.25, -0.2) is 4.98 Å². The van der Waals surface area contributed by atoms with Crippen molar-refractivity contribution >= 4 is 11.6 Å². The number of anilines is 1. The second-order valence-corrected chi connectivity index (χ2v) is 5.89. The van der Waals surface area contributed by atoms with Crippen LogP contribution < -0.4 is 11.1 Å². The fraction of sp³-hybridized carbons (Fsp3) is 0.571. The van der Waals surface area contributed by atoms with E-state index >= 15 is 0 Å². The fourth-order valence-corrected chi connectivity index (χ4v) is 2.34. The number of nitrogen functional groups attached to an aromatic ring is 1. The van der Waals surface area contributed by atoms with Gasteiger partial charge < -0.3 is 11.1 Å². The molecule has 1 heterocycles. The lowest BCUT2D eigenvalue weighted by Crippen LogP contribution is -2.39. The van der Waals surface area contributed by atoms with Gasteiger partial charge in [0.15, 0.2) is 0 Å². The number of nitrogens with zero attached hydrogens (tertiary/aromatic N) is 1. The number of pyridine rings is 1. The highest BCUT2D eigenvalue weighted by molar-refractivity contribution is 5.92. The van der Waals surface area contributed by atoms with Gasteiger partial charge in [0.25, 0.3) is 5.91 Å². The van der Waals surface area contributed by atoms with Gasteiger partial charge in [0.05, 0.1) is 11.9 Å². The van der Waals surface area contributed by atoms with Crippen LogP contribution >= 0.6 is 0 Å². The fourth-order valence-electron chi connectivity index (χ4n) is 2.34. The molecule has 0 unspecified atom stereocenters. The molecule has 0 atom stereocenters. The highest BCUT2D eigenvalue weighted by Crippen LogP contribution is 2.34. The van der Waals surface area contributed by atoms with Crippen molar-refractivity contribution < 1.29 is 4.79 Å². The number of hydrogen-bond donors (Lipinski definition) is 2. The smallest absolute Gasteiger partial charge is 0.270 e. The maximum Gasteiger partial charge on any atom is 0.270 e. The van der Waals surface area contributed by atoms with E-state index in [4.69, 9.17) is 5.73 Å². The number of nitrogens with two attached hydrogens (primary N) is 1. The normalized spacial score (nSPS) is 19.4. The first-order valence-corrected chi connectivity index (χ1v) is 6.49. The zero-order chi connectivity index (χ0) is 13.2. The van der Waals surface area contributed by atoms with Crippen LogP contribution in [0, 0.1) is 5.41 Å². The molecule has 1 amide bonds. The lowest BCUT2D eigenvalue weighted by molar-refractivity contribution is 0.0904. The zero-order valence-electron chi connectivity index (χ0n) is 11.1. The third-order valence-corrected chi connectivity index (χ3v) is 3.69. The molecule has 4 heteroatoms. The van der Waals surface area contributed by atoms with Crippen molar-refractivity contribution in [2.24, 2.45) is 5.41 Å². The van der Waals surface area contributed by atoms with Crippen LogP contribution in [0.1, 0.15) is 50.0 Å². The molecule has 1 aliphatic rings. The molecule has 1 fully saturated rings. The van der Waals surface area contributed by atoms with Crippen molar-refractivity contribution in [3.05, 3.63) is 24.0 Å². The molecular weight excluding hydrogens is 226 g/mol. The van der Waals surface area contributed by atoms with Crippen molar-refractivity contribution in [1.29, 1.82) is 0 Å². The number of amides is 1. The Hall–Kier alpha value is -1.58. The number of carbonyl (C=O) groups is 1. The number of rotatable bonds is 2. The summed E-state index contributed by atoms with van der Waals surface area (Å²) < 4.78 is 0. The topological polar surface area (TPSA) is 68.0 Å². The van der Waals surface area contributed by atoms with Crippen LogP contribution in [0.3, 0.4) is 0 Å². The van der Waals surface area contributed by atoms with Crippen LogP contribution in [0.4, 0.5) is 5.69 Å². The molecule has 0 radical (unpaired) electrons. The summed E-state index contributed by atoms with van der Waals surface area (Å²) in [4.78, 5) is 16.0. The van der Waals surface area contributed by atoms with Gasteiger partial charge >= 0.3 is 0 Å². The van der Waals surface area contributed by atoms with E-state index in [1.807, 2.05) is 0 Å². The lowest BCUT2D eigenvalue weighted by atomic mass is 9.75. The Bertz CT molecular complexity index is 415. The Labute approximate surface area is 108 Å². The van der Waals surface area contributed by atoms with Crippen molar-refractivity contribution in [3.63, 3.8) is 0 Å². The van der Waals surface area contributed by atoms with E-state index in [-0.39, 0.29) is 11.9 Å². The predicted octanol–water partition coefficient (Wildman–Crippen LogP) is 2.36. The summed E-state index contributed by atoms with van der Waals surface area (Å²) >= 11 is 0. The molecule has 18 heavy (non-hydrogen) atoms. The van der Waals surface area contributed by atoms with E-state index in [0.29, 0.717) is 16.8 Å². The van der Waals surface area contributed by atoms with Crippen molar-refractivity contribution in [3.8, 4) is 0 Å². The third kappa shape index (κ3) is 3.22. The quantitative estimate of drug-likeness (QED) is 0.843. The van der Waals surface area contributed by atoms with Gasteiger partial charge in [-0.2, -0.15) is 0 Å². The lowest BCUT2D eigenvalue weighted by Gasteiger charge is -2.34. The molecule has 0 saturated heterocycles. The van der Waals surface area contributed by atoms with E-state index in [0.717, 1.165) is 25.7 Å². The first-order valence-electron chi connectivity index (χ1n) is 6.49. The maximum absolute atomic E-state index is 12.0. The highest BCUT2D eigenvalue weighted by Gasteiger charge is 2.27. The summed E-state index contributed by atoms with van der Waals surface area (Å²) in [5, 5.41) is 3.05. The molecule has 3 N–H and O–H groups in total. The van der Waals surface area contributed by atoms with Crippen LogP contribution in [-0.2, 0) is 0 Å². The number of hydrogen-bond acceptors (Lipinski definition) is 3. The molecule has 1 aliphatic carbocycles. The van der Waals surface area contributed by atoms with Gasteiger partial charge in [-0.05, 0) is 43.2 Å². The van der Waals surface area contributed by atoms with Gasteiger partial charge in [-0.3, -0.25) is 4.79 Å². The van der Waals surface area contributed by atoms with Crippen molar-refractivity contribution in [2.45, 2.75) is 45.6 Å². The monoisotopic (exact) mass is 247 g/mol. The molecule has 1 aromatic rings. The van der Waals surface area contributed by atoms with E-state index in [1.165, 1.54) is 6.20 Å². The molecule has 1 aromatic heterocycles. The minimum absolute atomic E-state index is 0.0975. The Kier molecular flexibility index (Phi) is 3.55. The van der Waals surface area contributed by atoms with E-state index in [2.05, 4.69) is 24.1 Å². The van der Waals surface area contributed by atoms with E-state index in [9.17, 15) is 4.79 Å². The second-order valence-electron chi connectivity index (χ2n) is 5.89. The Morgan fingerprint density at radius 3 is 2.61 bits per heavy atom. The molecule has 98 valence electrons. The number of carbonyl (C=O) groups excluding carboxylic acids is 1. The molecule has 4 nitrogen and oxygen atoms in total. The Balaban J connectivity index is 1.90. The average molecular weight is 247 g/mol. The van der Waals surface area contributed by atoms with E-state index < -0.39 is 0 Å². The van der Waals surface area contributed by atoms with Crippen LogP contribution in [-0.4, -0.2) is 16.9 Å². The number of nitrogens with one attached hydrogen (secondary N) is 1. The second kappa shape index (κ2) is 4.96. The summed E-state index contributed by atoms with van der Waals surface area (Å²) in [6, 6.07) is 3.65. The number of aromatic nitrogens is 1. The first kappa shape index (κ1) is 12.9. The van der Waals surface area contributed by atoms with Crippen LogP contribution in [0.5, 0.6) is 0 Å². The summed E-state index contributed by atoms with van der Waals surface area (Å²) in [7, 11) is 0. The summed E-state index contributed by atoms with van der Waals surface area (Å²) in [6.07, 6.45) is 5.93. The largest absolute Gasteiger partial charge is 0.397 e. The van der Waals surface area contributed by atoms with Gasteiger partial charge in [-0.1, -0.05) is 13.8 Å². The van der Waals surface area contributed by atoms with Crippen LogP contribution in [0.15, 0.2) is 18.3 Å². The standard InChI is InChI=1S/C14H21N3O/c1-14(2)7-5-11(6-8-14)17-13(18)12-4-3-10(15)9-16-12/h3-4,9,11H,5-8,15H2,1-2H3,(H,17,18). The third-order valence-electron chi connectivity index (χ3n) is 3.69. The van der Waals surface area contributed by atoms with Crippen LogP contribution in [0.25, 0.3) is 0 Å². The van der Waals surface area contributed by atoms with Crippen molar-refractivity contribution in [2.75, 3.05) is 5.73 Å². The van der Waals surface area contributed by atoms with E-state index in [1.54, 1.807) is 12.1 Å². The van der Waals surface area contributed by atoms with Gasteiger partial charge in [0.2, 0.25) is 0 Å². The minimum Gasteiger partial charge on any atom is -0.397 e. The minimum atomic E-state index is -0.0975. The molecule has 0 spiro atoms. The predicted molar refractivity (Wildman–Crippen MR) is 72.2 cm³/mol. The Morgan fingerprint density at radius 2 is 2.06 bits per heavy atom. The van der Waals surface area contributed by atoms with Gasteiger partial charge in [0.1, 0.15) is 5.69 Å². The molecule has 2 rings (SSSR count). The highest BCUT2D eigenvalue weighted by atomic mass is 16.1. The van der Waals surface area contributed by atoms with Crippen molar-refractivity contribution in [1.82, 2.24) is 10.3 Å². The zero-order valence-corrected chi connectivity index (χ0v) is 11.1. The molecule has 0 aliphatic heterocycles. The Morgan fingerprint density at radius 1 is 1.39 bits per heavy atom. The first-order chi connectivity index (χ1) is 8.46. The molecular formula is C14H21N3O. The summed E-state index contributed by atoms with van der Waals surface area (Å²) in [6.45, 7) is 4.57. The van der Waals surface area contributed by atoms with Gasteiger partial charge in [-0.15, -0.1) is 0 Å². The molecule has 0 aromatic carbocycles. The molecule has 0 bridgehead atoms.